The number of nitrogens with zero attached hydrogens (tertiary/aromatic N) is 1. The van der Waals surface area contributed by atoms with E-state index >= 15 is 0 Å². The van der Waals surface area contributed by atoms with Crippen LogP contribution in [0.4, 0.5) is 22.0 Å². The van der Waals surface area contributed by atoms with Crippen LogP contribution in [-0.4, -0.2) is 17.1 Å². The maximum absolute atomic E-state index is 13.1. The van der Waals surface area contributed by atoms with Crippen LogP contribution in [-0.2, 0) is 5.92 Å². The van der Waals surface area contributed by atoms with Crippen molar-refractivity contribution >= 4 is 5.91 Å². The summed E-state index contributed by atoms with van der Waals surface area (Å²) in [4.78, 5) is 14.6. The molecule has 0 aliphatic carbocycles. The van der Waals surface area contributed by atoms with Gasteiger partial charge in [0.15, 0.2) is 0 Å². The Morgan fingerprint density at radius 1 is 1.00 bits per heavy atom. The first-order valence-electron chi connectivity index (χ1n) is 6.10. The van der Waals surface area contributed by atoms with Gasteiger partial charge in [-0.2, -0.15) is 22.0 Å². The SMILES string of the molecule is NC(=O)c1ccc(Oc2ccc(C(F)(F)C(F)(F)F)cc2)nc1. The lowest BCUT2D eigenvalue weighted by Gasteiger charge is -2.19. The molecule has 2 rings (SSSR count). The third-order valence-corrected chi connectivity index (χ3v) is 2.82. The van der Waals surface area contributed by atoms with E-state index in [0.29, 0.717) is 12.1 Å². The van der Waals surface area contributed by atoms with Gasteiger partial charge in [0.1, 0.15) is 5.75 Å². The van der Waals surface area contributed by atoms with Gasteiger partial charge < -0.3 is 10.5 Å². The maximum atomic E-state index is 13.1. The molecule has 0 bridgehead atoms. The van der Waals surface area contributed by atoms with E-state index in [2.05, 4.69) is 4.98 Å². The summed E-state index contributed by atoms with van der Waals surface area (Å²) in [6.07, 6.45) is -4.54. The molecule has 9 heteroatoms. The Balaban J connectivity index is 2.16. The highest BCUT2D eigenvalue weighted by Gasteiger charge is 2.58. The van der Waals surface area contributed by atoms with Gasteiger partial charge in [-0.1, -0.05) is 0 Å². The summed E-state index contributed by atoms with van der Waals surface area (Å²) in [7, 11) is 0. The molecule has 0 saturated heterocycles. The minimum atomic E-state index is -5.68. The monoisotopic (exact) mass is 332 g/mol. The van der Waals surface area contributed by atoms with E-state index in [0.717, 1.165) is 18.3 Å². The number of hydrogen-bond acceptors (Lipinski definition) is 3. The van der Waals surface area contributed by atoms with Crippen LogP contribution in [0.3, 0.4) is 0 Å². The van der Waals surface area contributed by atoms with E-state index in [1.54, 1.807) is 0 Å². The highest BCUT2D eigenvalue weighted by Crippen LogP contribution is 2.44. The first kappa shape index (κ1) is 16.7. The zero-order valence-corrected chi connectivity index (χ0v) is 11.3. The Morgan fingerprint density at radius 2 is 1.61 bits per heavy atom. The number of amides is 1. The molecule has 1 amide bonds. The Hall–Kier alpha value is -2.71. The van der Waals surface area contributed by atoms with Crippen LogP contribution >= 0.6 is 0 Å². The summed E-state index contributed by atoms with van der Waals surface area (Å²) < 4.78 is 68.1. The predicted molar refractivity (Wildman–Crippen MR) is 69.2 cm³/mol. The molecular weight excluding hydrogens is 323 g/mol. The molecule has 0 spiro atoms. The molecule has 0 fully saturated rings. The van der Waals surface area contributed by atoms with Crippen LogP contribution < -0.4 is 10.5 Å². The van der Waals surface area contributed by atoms with Crippen molar-refractivity contribution in [2.45, 2.75) is 12.1 Å². The van der Waals surface area contributed by atoms with Gasteiger partial charge in [0.2, 0.25) is 11.8 Å². The minimum absolute atomic E-state index is 0.00560. The number of pyridine rings is 1. The molecule has 0 saturated carbocycles. The zero-order valence-electron chi connectivity index (χ0n) is 11.3. The number of carbonyl (C=O) groups is 1. The average Bonchev–Trinajstić information content (AvgIpc) is 2.47. The van der Waals surface area contributed by atoms with Crippen LogP contribution in [0.5, 0.6) is 11.6 Å². The molecule has 2 N–H and O–H groups in total. The van der Waals surface area contributed by atoms with Gasteiger partial charge in [0, 0.05) is 17.8 Å². The molecule has 0 aliphatic rings. The summed E-state index contributed by atoms with van der Waals surface area (Å²) in [5.41, 5.74) is 3.96. The number of benzene rings is 1. The lowest BCUT2D eigenvalue weighted by atomic mass is 10.1. The van der Waals surface area contributed by atoms with Crippen LogP contribution in [0, 0.1) is 0 Å². The molecule has 1 heterocycles. The summed E-state index contributed by atoms with van der Waals surface area (Å²) >= 11 is 0. The quantitative estimate of drug-likeness (QED) is 0.870. The van der Waals surface area contributed by atoms with Gasteiger partial charge >= 0.3 is 12.1 Å². The van der Waals surface area contributed by atoms with Crippen molar-refractivity contribution in [2.24, 2.45) is 5.73 Å². The summed E-state index contributed by atoms with van der Waals surface area (Å²) in [6.45, 7) is 0. The van der Waals surface area contributed by atoms with Gasteiger partial charge in [-0.15, -0.1) is 0 Å². The molecule has 1 aromatic carbocycles. The second-order valence-electron chi connectivity index (χ2n) is 4.45. The number of alkyl halides is 5. The second kappa shape index (κ2) is 5.82. The van der Waals surface area contributed by atoms with E-state index in [9.17, 15) is 26.7 Å². The first-order valence-corrected chi connectivity index (χ1v) is 6.10. The predicted octanol–water partition coefficient (Wildman–Crippen LogP) is 3.63. The lowest BCUT2D eigenvalue weighted by molar-refractivity contribution is -0.289. The topological polar surface area (TPSA) is 65.2 Å². The molecule has 2 aromatic rings. The first-order chi connectivity index (χ1) is 10.6. The van der Waals surface area contributed by atoms with E-state index < -0.39 is 23.6 Å². The van der Waals surface area contributed by atoms with Crippen LogP contribution in [0.1, 0.15) is 15.9 Å². The van der Waals surface area contributed by atoms with Gasteiger partial charge in [0.05, 0.1) is 5.56 Å². The van der Waals surface area contributed by atoms with Crippen molar-refractivity contribution in [3.63, 3.8) is 0 Å². The molecule has 0 unspecified atom stereocenters. The van der Waals surface area contributed by atoms with Crippen molar-refractivity contribution < 1.29 is 31.5 Å². The fraction of sp³-hybridized carbons (Fsp3) is 0.143. The van der Waals surface area contributed by atoms with Crippen LogP contribution in [0.25, 0.3) is 0 Å². The number of rotatable bonds is 4. The Kier molecular flexibility index (Phi) is 4.22. The molecule has 122 valence electrons. The Labute approximate surface area is 126 Å². The van der Waals surface area contributed by atoms with Crippen molar-refractivity contribution in [2.75, 3.05) is 0 Å². The third kappa shape index (κ3) is 3.55. The highest BCUT2D eigenvalue weighted by atomic mass is 19.4. The van der Waals surface area contributed by atoms with E-state index in [1.807, 2.05) is 0 Å². The average molecular weight is 332 g/mol. The number of primary amides is 1. The van der Waals surface area contributed by atoms with E-state index in [1.165, 1.54) is 12.1 Å². The molecule has 0 radical (unpaired) electrons. The third-order valence-electron chi connectivity index (χ3n) is 2.82. The number of carbonyl (C=O) groups excluding carboxylic acids is 1. The Morgan fingerprint density at radius 3 is 2.04 bits per heavy atom. The van der Waals surface area contributed by atoms with E-state index in [-0.39, 0.29) is 17.2 Å². The number of halogens is 5. The van der Waals surface area contributed by atoms with Gasteiger partial charge in [-0.25, -0.2) is 4.98 Å². The fourth-order valence-electron chi connectivity index (χ4n) is 1.60. The number of nitrogens with two attached hydrogens (primary N) is 1. The van der Waals surface area contributed by atoms with E-state index in [4.69, 9.17) is 10.5 Å². The van der Waals surface area contributed by atoms with Crippen LogP contribution in [0.2, 0.25) is 0 Å². The number of ether oxygens (including phenoxy) is 1. The fourth-order valence-corrected chi connectivity index (χ4v) is 1.60. The second-order valence-corrected chi connectivity index (χ2v) is 4.45. The van der Waals surface area contributed by atoms with Gasteiger partial charge in [0.25, 0.3) is 0 Å². The maximum Gasteiger partial charge on any atom is 0.458 e. The lowest BCUT2D eigenvalue weighted by Crippen LogP contribution is -2.33. The van der Waals surface area contributed by atoms with Crippen molar-refractivity contribution in [1.29, 1.82) is 0 Å². The zero-order chi connectivity index (χ0) is 17.3. The highest BCUT2D eigenvalue weighted by molar-refractivity contribution is 5.92. The molecular formula is C14H9F5N2O2. The summed E-state index contributed by atoms with van der Waals surface area (Å²) in [5, 5.41) is 0. The Bertz CT molecular complexity index is 697. The van der Waals surface area contributed by atoms with Crippen molar-refractivity contribution in [3.05, 3.63) is 53.7 Å². The summed E-state index contributed by atoms with van der Waals surface area (Å²) in [6, 6.07) is 5.77. The molecule has 0 aliphatic heterocycles. The van der Waals surface area contributed by atoms with Crippen molar-refractivity contribution in [1.82, 2.24) is 4.98 Å². The minimum Gasteiger partial charge on any atom is -0.439 e. The number of hydrogen-bond donors (Lipinski definition) is 1. The van der Waals surface area contributed by atoms with Gasteiger partial charge in [-0.3, -0.25) is 4.79 Å². The normalized spacial score (nSPS) is 12.0. The molecule has 0 atom stereocenters. The number of aromatic nitrogens is 1. The van der Waals surface area contributed by atoms with Crippen LogP contribution in [0.15, 0.2) is 42.6 Å². The van der Waals surface area contributed by atoms with Crippen molar-refractivity contribution in [3.8, 4) is 11.6 Å². The summed E-state index contributed by atoms with van der Waals surface area (Å²) in [5.74, 6) is -5.62. The van der Waals surface area contributed by atoms with Gasteiger partial charge in [-0.05, 0) is 30.3 Å². The standard InChI is InChI=1S/C14H9F5N2O2/c15-13(16,14(17,18)19)9-2-4-10(5-3-9)23-11-6-1-8(7-21-11)12(20)22/h1-7H,(H2,20,22). The smallest absolute Gasteiger partial charge is 0.439 e. The molecule has 23 heavy (non-hydrogen) atoms. The molecule has 4 nitrogen and oxygen atoms in total. The largest absolute Gasteiger partial charge is 0.458 e. The molecule has 1 aromatic heterocycles.